The van der Waals surface area contributed by atoms with Crippen molar-refractivity contribution in [1.82, 2.24) is 9.62 Å². The van der Waals surface area contributed by atoms with Gasteiger partial charge in [0.25, 0.3) is 0 Å². The summed E-state index contributed by atoms with van der Waals surface area (Å²) < 4.78 is 28.7. The lowest BCUT2D eigenvalue weighted by Crippen LogP contribution is -2.55. The Kier molecular flexibility index (Phi) is 7.56. The molecule has 1 heterocycles. The lowest BCUT2D eigenvalue weighted by Gasteiger charge is -2.38. The summed E-state index contributed by atoms with van der Waals surface area (Å²) in [6.07, 6.45) is 0.277. The number of hydrogen-bond donors (Lipinski definition) is 1. The van der Waals surface area contributed by atoms with Crippen molar-refractivity contribution < 1.29 is 13.2 Å². The summed E-state index contributed by atoms with van der Waals surface area (Å²) in [6, 6.07) is 22.5. The summed E-state index contributed by atoms with van der Waals surface area (Å²) >= 11 is 6.19. The summed E-state index contributed by atoms with van der Waals surface area (Å²) in [4.78, 5) is 17.6. The Balaban J connectivity index is 1.51. The predicted octanol–water partition coefficient (Wildman–Crippen LogP) is 3.89. The van der Waals surface area contributed by atoms with Crippen LogP contribution in [0.5, 0.6) is 0 Å². The van der Waals surface area contributed by atoms with E-state index in [-0.39, 0.29) is 17.2 Å². The molecule has 4 rings (SSSR count). The molecule has 0 radical (unpaired) electrons. The van der Waals surface area contributed by atoms with Crippen LogP contribution in [0.4, 0.5) is 5.69 Å². The molecule has 1 aliphatic heterocycles. The molecule has 8 heteroatoms. The molecule has 1 saturated heterocycles. The van der Waals surface area contributed by atoms with E-state index in [1.54, 1.807) is 23.1 Å². The number of carbonyl (C=O) groups is 1. The number of benzene rings is 3. The van der Waals surface area contributed by atoms with Crippen LogP contribution in [0.15, 0.2) is 83.8 Å². The Labute approximate surface area is 206 Å². The third-order valence-corrected chi connectivity index (χ3v) is 7.76. The summed E-state index contributed by atoms with van der Waals surface area (Å²) in [5, 5.41) is 0.678. The van der Waals surface area contributed by atoms with Gasteiger partial charge in [0.2, 0.25) is 15.9 Å². The van der Waals surface area contributed by atoms with Crippen molar-refractivity contribution in [3.8, 4) is 0 Å². The van der Waals surface area contributed by atoms with Gasteiger partial charge in [-0.25, -0.2) is 8.42 Å². The van der Waals surface area contributed by atoms with E-state index in [2.05, 4.69) is 9.62 Å². The molecule has 1 fully saturated rings. The standard InChI is InChI=1S/C26H28ClN3O3S/c1-20-12-13-22(27)19-25(20)29-14-16-30(17-15-29)26(31)24(18-21-8-4-2-5-9-21)28-34(32,33)23-10-6-3-7-11-23/h2-13,19,24,28H,14-18H2,1H3/t24-/m0/s1. The van der Waals surface area contributed by atoms with Crippen LogP contribution in [0.25, 0.3) is 0 Å². The molecule has 1 amide bonds. The van der Waals surface area contributed by atoms with Crippen molar-refractivity contribution in [2.45, 2.75) is 24.3 Å². The topological polar surface area (TPSA) is 69.7 Å². The van der Waals surface area contributed by atoms with Gasteiger partial charge in [-0.05, 0) is 48.7 Å². The first kappa shape index (κ1) is 24.3. The fraction of sp³-hybridized carbons (Fsp3) is 0.269. The summed E-state index contributed by atoms with van der Waals surface area (Å²) in [5.74, 6) is -0.217. The normalized spacial score (nSPS) is 15.2. The van der Waals surface area contributed by atoms with Crippen LogP contribution < -0.4 is 9.62 Å². The van der Waals surface area contributed by atoms with Gasteiger partial charge in [0.05, 0.1) is 4.90 Å². The van der Waals surface area contributed by atoms with Crippen molar-refractivity contribution in [3.05, 3.63) is 95.0 Å². The summed E-state index contributed by atoms with van der Waals surface area (Å²) in [5.41, 5.74) is 3.08. The third-order valence-electron chi connectivity index (χ3n) is 6.03. The van der Waals surface area contributed by atoms with E-state index in [9.17, 15) is 13.2 Å². The van der Waals surface area contributed by atoms with Crippen LogP contribution in [-0.4, -0.2) is 51.4 Å². The van der Waals surface area contributed by atoms with E-state index in [4.69, 9.17) is 11.6 Å². The van der Waals surface area contributed by atoms with Crippen molar-refractivity contribution >= 4 is 33.2 Å². The van der Waals surface area contributed by atoms with E-state index in [0.29, 0.717) is 31.2 Å². The molecule has 6 nitrogen and oxygen atoms in total. The average Bonchev–Trinajstić information content (AvgIpc) is 2.86. The van der Waals surface area contributed by atoms with Crippen molar-refractivity contribution in [2.24, 2.45) is 0 Å². The number of aryl methyl sites for hydroxylation is 1. The fourth-order valence-electron chi connectivity index (χ4n) is 4.20. The maximum absolute atomic E-state index is 13.5. The zero-order valence-electron chi connectivity index (χ0n) is 19.0. The zero-order chi connectivity index (χ0) is 24.1. The Hall–Kier alpha value is -2.87. The largest absolute Gasteiger partial charge is 0.368 e. The molecule has 178 valence electrons. The van der Waals surface area contributed by atoms with Gasteiger partial charge in [-0.15, -0.1) is 0 Å². The molecular weight excluding hydrogens is 470 g/mol. The summed E-state index contributed by atoms with van der Waals surface area (Å²) in [7, 11) is -3.85. The number of amides is 1. The van der Waals surface area contributed by atoms with Crippen LogP contribution >= 0.6 is 11.6 Å². The molecule has 0 aliphatic carbocycles. The van der Waals surface area contributed by atoms with Crippen LogP contribution in [0.1, 0.15) is 11.1 Å². The van der Waals surface area contributed by atoms with Crippen LogP contribution in [0.3, 0.4) is 0 Å². The number of nitrogens with one attached hydrogen (secondary N) is 1. The molecule has 0 spiro atoms. The van der Waals surface area contributed by atoms with Crippen molar-refractivity contribution in [1.29, 1.82) is 0 Å². The second kappa shape index (κ2) is 10.6. The number of rotatable bonds is 7. The van der Waals surface area contributed by atoms with Gasteiger partial charge in [-0.3, -0.25) is 4.79 Å². The first-order valence-electron chi connectivity index (χ1n) is 11.2. The first-order chi connectivity index (χ1) is 16.3. The SMILES string of the molecule is Cc1ccc(Cl)cc1N1CCN(C(=O)[C@H](Cc2ccccc2)NS(=O)(=O)c2ccccc2)CC1. The Morgan fingerprint density at radius 3 is 2.21 bits per heavy atom. The second-order valence-electron chi connectivity index (χ2n) is 8.42. The Morgan fingerprint density at radius 1 is 0.941 bits per heavy atom. The number of hydrogen-bond acceptors (Lipinski definition) is 4. The fourth-order valence-corrected chi connectivity index (χ4v) is 5.57. The molecular formula is C26H28ClN3O3S. The van der Waals surface area contributed by atoms with Gasteiger partial charge in [-0.2, -0.15) is 4.72 Å². The highest BCUT2D eigenvalue weighted by Crippen LogP contribution is 2.25. The van der Waals surface area contributed by atoms with Crippen molar-refractivity contribution in [3.63, 3.8) is 0 Å². The maximum atomic E-state index is 13.5. The van der Waals surface area contributed by atoms with Gasteiger partial charge in [0, 0.05) is 36.9 Å². The smallest absolute Gasteiger partial charge is 0.241 e. The van der Waals surface area contributed by atoms with E-state index in [1.807, 2.05) is 55.5 Å². The molecule has 1 atom stereocenters. The minimum Gasteiger partial charge on any atom is -0.368 e. The van der Waals surface area contributed by atoms with E-state index < -0.39 is 16.1 Å². The molecule has 1 aliphatic rings. The lowest BCUT2D eigenvalue weighted by molar-refractivity contribution is -0.133. The Bertz CT molecular complexity index is 1230. The predicted molar refractivity (Wildman–Crippen MR) is 136 cm³/mol. The number of sulfonamides is 1. The number of anilines is 1. The molecule has 34 heavy (non-hydrogen) atoms. The van der Waals surface area contributed by atoms with Crippen LogP contribution in [-0.2, 0) is 21.2 Å². The zero-order valence-corrected chi connectivity index (χ0v) is 20.6. The monoisotopic (exact) mass is 497 g/mol. The number of piperazine rings is 1. The van der Waals surface area contributed by atoms with Gasteiger partial charge < -0.3 is 9.80 Å². The van der Waals surface area contributed by atoms with Gasteiger partial charge >= 0.3 is 0 Å². The number of halogens is 1. The molecule has 3 aromatic carbocycles. The van der Waals surface area contributed by atoms with Crippen molar-refractivity contribution in [2.75, 3.05) is 31.1 Å². The molecule has 0 aromatic heterocycles. The summed E-state index contributed by atoms with van der Waals surface area (Å²) in [6.45, 7) is 4.34. The van der Waals surface area contributed by atoms with Gasteiger partial charge in [0.15, 0.2) is 0 Å². The van der Waals surface area contributed by atoms with E-state index in [1.165, 1.54) is 12.1 Å². The first-order valence-corrected chi connectivity index (χ1v) is 13.1. The van der Waals surface area contributed by atoms with Crippen LogP contribution in [0.2, 0.25) is 5.02 Å². The minimum atomic E-state index is -3.85. The lowest BCUT2D eigenvalue weighted by atomic mass is 10.1. The number of nitrogens with zero attached hydrogens (tertiary/aromatic N) is 2. The molecule has 0 saturated carbocycles. The molecule has 1 N–H and O–H groups in total. The van der Waals surface area contributed by atoms with E-state index >= 15 is 0 Å². The van der Waals surface area contributed by atoms with Gasteiger partial charge in [0.1, 0.15) is 6.04 Å². The van der Waals surface area contributed by atoms with E-state index in [0.717, 1.165) is 16.8 Å². The molecule has 0 unspecified atom stereocenters. The minimum absolute atomic E-state index is 0.141. The highest BCUT2D eigenvalue weighted by atomic mass is 35.5. The third kappa shape index (κ3) is 5.78. The maximum Gasteiger partial charge on any atom is 0.241 e. The average molecular weight is 498 g/mol. The van der Waals surface area contributed by atoms with Gasteiger partial charge in [-0.1, -0.05) is 66.2 Å². The number of carbonyl (C=O) groups excluding carboxylic acids is 1. The quantitative estimate of drug-likeness (QED) is 0.537. The Morgan fingerprint density at radius 2 is 1.56 bits per heavy atom. The molecule has 3 aromatic rings. The molecule has 0 bridgehead atoms. The van der Waals surface area contributed by atoms with Crippen LogP contribution in [0, 0.1) is 6.92 Å². The highest BCUT2D eigenvalue weighted by molar-refractivity contribution is 7.89. The highest BCUT2D eigenvalue weighted by Gasteiger charge is 2.31. The second-order valence-corrected chi connectivity index (χ2v) is 10.6.